The Bertz CT molecular complexity index is 493. The van der Waals surface area contributed by atoms with E-state index in [-0.39, 0.29) is 10.6 Å². The predicted molar refractivity (Wildman–Crippen MR) is 76.1 cm³/mol. The average Bonchev–Trinajstić information content (AvgIpc) is 2.39. The smallest absolute Gasteiger partial charge is 0.326 e. The van der Waals surface area contributed by atoms with Crippen LogP contribution in [0.3, 0.4) is 0 Å². The second kappa shape index (κ2) is 7.72. The van der Waals surface area contributed by atoms with Gasteiger partial charge in [-0.15, -0.1) is 0 Å². The van der Waals surface area contributed by atoms with Gasteiger partial charge in [0.25, 0.3) is 0 Å². The van der Waals surface area contributed by atoms with Crippen molar-refractivity contribution in [1.29, 1.82) is 0 Å². The molecule has 7 heteroatoms. The monoisotopic (exact) mass is 300 g/mol. The minimum Gasteiger partial charge on any atom is -0.480 e. The number of methoxy groups -OCH3 is 1. The van der Waals surface area contributed by atoms with E-state index in [1.807, 2.05) is 0 Å². The van der Waals surface area contributed by atoms with E-state index < -0.39 is 17.9 Å². The Hall–Kier alpha value is -1.79. The highest BCUT2D eigenvalue weighted by Gasteiger charge is 2.18. The lowest BCUT2D eigenvalue weighted by molar-refractivity contribution is -0.138. The largest absolute Gasteiger partial charge is 0.480 e. The van der Waals surface area contributed by atoms with E-state index in [4.69, 9.17) is 27.2 Å². The summed E-state index contributed by atoms with van der Waals surface area (Å²) >= 11 is 6.00. The van der Waals surface area contributed by atoms with E-state index in [1.165, 1.54) is 18.2 Å². The van der Waals surface area contributed by atoms with Gasteiger partial charge in [-0.3, -0.25) is 4.79 Å². The van der Waals surface area contributed by atoms with Crippen LogP contribution in [-0.4, -0.2) is 36.7 Å². The van der Waals surface area contributed by atoms with E-state index in [0.29, 0.717) is 25.1 Å². The molecule has 0 heterocycles. The number of ether oxygens (including phenoxy) is 1. The molecule has 1 aromatic rings. The maximum atomic E-state index is 11.2. The minimum atomic E-state index is -0.976. The van der Waals surface area contributed by atoms with Crippen molar-refractivity contribution in [2.24, 2.45) is 5.73 Å². The SMILES string of the molecule is COCCCC(Nc1ccc(C(N)=O)cc1Cl)C(=O)O. The van der Waals surface area contributed by atoms with Crippen LogP contribution < -0.4 is 11.1 Å². The number of amides is 1. The number of aliphatic carboxylic acids is 1. The molecule has 0 saturated heterocycles. The summed E-state index contributed by atoms with van der Waals surface area (Å²) in [5, 5.41) is 12.2. The Morgan fingerprint density at radius 3 is 2.70 bits per heavy atom. The molecule has 0 aliphatic rings. The molecule has 6 nitrogen and oxygen atoms in total. The number of carboxylic acids is 1. The van der Waals surface area contributed by atoms with E-state index in [1.54, 1.807) is 7.11 Å². The molecule has 20 heavy (non-hydrogen) atoms. The number of rotatable bonds is 8. The summed E-state index contributed by atoms with van der Waals surface area (Å²) in [7, 11) is 1.56. The fraction of sp³-hybridized carbons (Fsp3) is 0.385. The molecular weight excluding hydrogens is 284 g/mol. The lowest BCUT2D eigenvalue weighted by Crippen LogP contribution is -2.29. The summed E-state index contributed by atoms with van der Waals surface area (Å²) in [5.41, 5.74) is 5.85. The molecule has 110 valence electrons. The van der Waals surface area contributed by atoms with E-state index in [0.717, 1.165) is 0 Å². The zero-order valence-electron chi connectivity index (χ0n) is 11.1. The lowest BCUT2D eigenvalue weighted by Gasteiger charge is -2.16. The Morgan fingerprint density at radius 1 is 1.50 bits per heavy atom. The number of hydrogen-bond acceptors (Lipinski definition) is 4. The van der Waals surface area contributed by atoms with Crippen molar-refractivity contribution in [3.63, 3.8) is 0 Å². The first-order valence-electron chi connectivity index (χ1n) is 6.03. The molecule has 1 rings (SSSR count). The number of primary amides is 1. The van der Waals surface area contributed by atoms with Gasteiger partial charge in [-0.05, 0) is 31.0 Å². The van der Waals surface area contributed by atoms with Crippen LogP contribution in [-0.2, 0) is 9.53 Å². The summed E-state index contributed by atoms with van der Waals surface area (Å²) in [4.78, 5) is 22.2. The highest BCUT2D eigenvalue weighted by molar-refractivity contribution is 6.33. The number of carbonyl (C=O) groups is 2. The van der Waals surface area contributed by atoms with Gasteiger partial charge in [-0.25, -0.2) is 4.79 Å². The number of carbonyl (C=O) groups excluding carboxylic acids is 1. The summed E-state index contributed by atoms with van der Waals surface area (Å²) < 4.78 is 4.89. The van der Waals surface area contributed by atoms with Gasteiger partial charge in [0.15, 0.2) is 0 Å². The van der Waals surface area contributed by atoms with Gasteiger partial charge in [-0.2, -0.15) is 0 Å². The first-order chi connectivity index (χ1) is 9.45. The fourth-order valence-electron chi connectivity index (χ4n) is 1.66. The number of hydrogen-bond donors (Lipinski definition) is 3. The molecule has 0 radical (unpaired) electrons. The Balaban J connectivity index is 2.78. The fourth-order valence-corrected chi connectivity index (χ4v) is 1.90. The summed E-state index contributed by atoms with van der Waals surface area (Å²) in [6.45, 7) is 0.486. The molecule has 0 bridgehead atoms. The van der Waals surface area contributed by atoms with Crippen LogP contribution >= 0.6 is 11.6 Å². The molecular formula is C13H17ClN2O4. The molecule has 4 N–H and O–H groups in total. The maximum Gasteiger partial charge on any atom is 0.326 e. The van der Waals surface area contributed by atoms with Gasteiger partial charge in [0.05, 0.1) is 10.7 Å². The third-order valence-electron chi connectivity index (χ3n) is 2.72. The molecule has 1 aromatic carbocycles. The van der Waals surface area contributed by atoms with Crippen LogP contribution in [0.1, 0.15) is 23.2 Å². The average molecular weight is 301 g/mol. The molecule has 0 spiro atoms. The van der Waals surface area contributed by atoms with Crippen molar-refractivity contribution in [3.8, 4) is 0 Å². The number of halogens is 1. The van der Waals surface area contributed by atoms with Gasteiger partial charge in [0.1, 0.15) is 6.04 Å². The molecule has 1 unspecified atom stereocenters. The van der Waals surface area contributed by atoms with Crippen LogP contribution in [0.15, 0.2) is 18.2 Å². The van der Waals surface area contributed by atoms with E-state index >= 15 is 0 Å². The molecule has 0 aromatic heterocycles. The van der Waals surface area contributed by atoms with Crippen LogP contribution in [0.4, 0.5) is 5.69 Å². The second-order valence-electron chi connectivity index (χ2n) is 4.23. The summed E-state index contributed by atoms with van der Waals surface area (Å²) in [6, 6.07) is 3.65. The van der Waals surface area contributed by atoms with Crippen molar-refractivity contribution in [2.75, 3.05) is 19.0 Å². The highest BCUT2D eigenvalue weighted by Crippen LogP contribution is 2.24. The van der Waals surface area contributed by atoms with Gasteiger partial charge >= 0.3 is 5.97 Å². The first kappa shape index (κ1) is 16.3. The van der Waals surface area contributed by atoms with Crippen molar-refractivity contribution in [2.45, 2.75) is 18.9 Å². The quantitative estimate of drug-likeness (QED) is 0.635. The first-order valence-corrected chi connectivity index (χ1v) is 6.41. The summed E-state index contributed by atoms with van der Waals surface area (Å²) in [6.07, 6.45) is 1.01. The van der Waals surface area contributed by atoms with Crippen LogP contribution in [0.5, 0.6) is 0 Å². The number of carboxylic acid groups (broad SMARTS) is 1. The van der Waals surface area contributed by atoms with Crippen molar-refractivity contribution in [1.82, 2.24) is 0 Å². The number of nitrogens with two attached hydrogens (primary N) is 1. The van der Waals surface area contributed by atoms with Crippen molar-refractivity contribution in [3.05, 3.63) is 28.8 Å². The second-order valence-corrected chi connectivity index (χ2v) is 4.64. The number of nitrogens with one attached hydrogen (secondary N) is 1. The standard InChI is InChI=1S/C13H17ClN2O4/c1-20-6-2-3-11(13(18)19)16-10-5-4-8(12(15)17)7-9(10)14/h4-5,7,11,16H,2-3,6H2,1H3,(H2,15,17)(H,18,19). The Kier molecular flexibility index (Phi) is 6.27. The molecule has 0 fully saturated rings. The topological polar surface area (TPSA) is 102 Å². The van der Waals surface area contributed by atoms with Crippen molar-refractivity contribution >= 4 is 29.2 Å². The third-order valence-corrected chi connectivity index (χ3v) is 3.04. The van der Waals surface area contributed by atoms with Crippen LogP contribution in [0.2, 0.25) is 5.02 Å². The third kappa shape index (κ3) is 4.71. The highest BCUT2D eigenvalue weighted by atomic mass is 35.5. The van der Waals surface area contributed by atoms with Gasteiger partial charge in [0, 0.05) is 19.3 Å². The van der Waals surface area contributed by atoms with Crippen LogP contribution in [0, 0.1) is 0 Å². The van der Waals surface area contributed by atoms with Crippen LogP contribution in [0.25, 0.3) is 0 Å². The number of anilines is 1. The van der Waals surface area contributed by atoms with E-state index in [9.17, 15) is 9.59 Å². The van der Waals surface area contributed by atoms with Gasteiger partial charge in [0.2, 0.25) is 5.91 Å². The molecule has 1 amide bonds. The minimum absolute atomic E-state index is 0.249. The lowest BCUT2D eigenvalue weighted by atomic mass is 10.1. The summed E-state index contributed by atoms with van der Waals surface area (Å²) in [5.74, 6) is -1.57. The molecule has 0 aliphatic heterocycles. The maximum absolute atomic E-state index is 11.2. The normalized spacial score (nSPS) is 11.9. The number of benzene rings is 1. The van der Waals surface area contributed by atoms with Gasteiger partial charge in [-0.1, -0.05) is 11.6 Å². The Labute approximate surface area is 121 Å². The molecule has 0 saturated carbocycles. The van der Waals surface area contributed by atoms with E-state index in [2.05, 4.69) is 5.32 Å². The molecule has 1 atom stereocenters. The zero-order valence-corrected chi connectivity index (χ0v) is 11.8. The Morgan fingerprint density at radius 2 is 2.20 bits per heavy atom. The predicted octanol–water partition coefficient (Wildman–Crippen LogP) is 1.73. The van der Waals surface area contributed by atoms with Gasteiger partial charge < -0.3 is 20.9 Å². The zero-order chi connectivity index (χ0) is 15.1. The molecule has 0 aliphatic carbocycles. The van der Waals surface area contributed by atoms with Crippen molar-refractivity contribution < 1.29 is 19.4 Å².